The Morgan fingerprint density at radius 1 is 1.30 bits per heavy atom. The molecule has 2 aromatic rings. The van der Waals surface area contributed by atoms with Gasteiger partial charge < -0.3 is 5.32 Å². The molecule has 5 rings (SSSR count). The predicted octanol–water partition coefficient (Wildman–Crippen LogP) is 1.75. The third kappa shape index (κ3) is 2.50. The highest BCUT2D eigenvalue weighted by Gasteiger charge is 2.48. The van der Waals surface area contributed by atoms with Gasteiger partial charge >= 0.3 is 0 Å². The summed E-state index contributed by atoms with van der Waals surface area (Å²) in [6, 6.07) is 3.89. The Balaban J connectivity index is 0.00000156. The van der Waals surface area contributed by atoms with Gasteiger partial charge in [0.05, 0.1) is 11.8 Å². The van der Waals surface area contributed by atoms with E-state index in [1.807, 2.05) is 12.1 Å². The van der Waals surface area contributed by atoms with Crippen molar-refractivity contribution in [2.45, 2.75) is 38.3 Å². The van der Waals surface area contributed by atoms with Crippen molar-refractivity contribution in [1.82, 2.24) is 25.0 Å². The molecule has 23 heavy (non-hydrogen) atoms. The topological polar surface area (TPSA) is 62.5 Å². The summed E-state index contributed by atoms with van der Waals surface area (Å²) in [6.45, 7) is 6.76. The SMILES string of the molecule is CC1(C)[C@@H](NC(=O)c2cnn3ncccc23)C2CCN1CC2.Cl. The standard InChI is InChI=1S/C16H21N5O.ClH/c1-16(2)14(11-5-8-20(16)9-6-11)19-15(22)12-10-18-21-13(12)4-3-7-17-21;/h3-4,7,10-11,14H,5-6,8-9H2,1-2H3,(H,19,22);1H/t14-;/m0./s1. The zero-order chi connectivity index (χ0) is 15.3. The van der Waals surface area contributed by atoms with Gasteiger partial charge in [-0.3, -0.25) is 9.69 Å². The average Bonchev–Trinajstić information content (AvgIpc) is 2.95. The van der Waals surface area contributed by atoms with Crippen LogP contribution in [0.1, 0.15) is 37.0 Å². The molecule has 7 heteroatoms. The number of halogens is 1. The number of fused-ring (bicyclic) bond motifs is 4. The van der Waals surface area contributed by atoms with Crippen molar-refractivity contribution in [3.8, 4) is 0 Å². The number of aromatic nitrogens is 3. The number of nitrogens with zero attached hydrogens (tertiary/aromatic N) is 4. The number of hydrogen-bond acceptors (Lipinski definition) is 4. The van der Waals surface area contributed by atoms with E-state index in [1.54, 1.807) is 12.4 Å². The fourth-order valence-corrected chi connectivity index (χ4v) is 4.10. The molecular formula is C16H22ClN5O. The van der Waals surface area contributed by atoms with E-state index >= 15 is 0 Å². The summed E-state index contributed by atoms with van der Waals surface area (Å²) in [7, 11) is 0. The lowest BCUT2D eigenvalue weighted by Crippen LogP contribution is -2.69. The van der Waals surface area contributed by atoms with Crippen LogP contribution < -0.4 is 5.32 Å². The molecule has 2 bridgehead atoms. The highest BCUT2D eigenvalue weighted by Crippen LogP contribution is 2.39. The van der Waals surface area contributed by atoms with Crippen LogP contribution in [0.25, 0.3) is 5.52 Å². The van der Waals surface area contributed by atoms with Crippen molar-refractivity contribution in [2.75, 3.05) is 13.1 Å². The summed E-state index contributed by atoms with van der Waals surface area (Å²) in [5.74, 6) is 0.527. The molecular weight excluding hydrogens is 314 g/mol. The second-order valence-electron chi connectivity index (χ2n) is 6.89. The summed E-state index contributed by atoms with van der Waals surface area (Å²) >= 11 is 0. The van der Waals surface area contributed by atoms with E-state index in [0.29, 0.717) is 11.5 Å². The lowest BCUT2D eigenvalue weighted by molar-refractivity contribution is -0.0377. The van der Waals surface area contributed by atoms with Gasteiger partial charge in [-0.1, -0.05) is 0 Å². The molecule has 5 heterocycles. The molecule has 1 N–H and O–H groups in total. The van der Waals surface area contributed by atoms with Crippen molar-refractivity contribution in [3.63, 3.8) is 0 Å². The Kier molecular flexibility index (Phi) is 4.06. The van der Waals surface area contributed by atoms with Crippen LogP contribution in [0.2, 0.25) is 0 Å². The zero-order valence-corrected chi connectivity index (χ0v) is 14.2. The molecule has 3 saturated heterocycles. The summed E-state index contributed by atoms with van der Waals surface area (Å²) in [5, 5.41) is 11.5. The van der Waals surface area contributed by atoms with E-state index in [-0.39, 0.29) is 29.9 Å². The molecule has 1 amide bonds. The molecule has 3 aliphatic rings. The summed E-state index contributed by atoms with van der Waals surface area (Å²) in [5.41, 5.74) is 1.36. The van der Waals surface area contributed by atoms with Crippen LogP contribution in [0.3, 0.4) is 0 Å². The average molecular weight is 336 g/mol. The zero-order valence-electron chi connectivity index (χ0n) is 13.4. The van der Waals surface area contributed by atoms with E-state index in [0.717, 1.165) is 18.6 Å². The molecule has 3 fully saturated rings. The van der Waals surface area contributed by atoms with Crippen LogP contribution >= 0.6 is 12.4 Å². The summed E-state index contributed by atoms with van der Waals surface area (Å²) in [6.07, 6.45) is 5.61. The van der Waals surface area contributed by atoms with Gasteiger partial charge in [-0.15, -0.1) is 12.4 Å². The van der Waals surface area contributed by atoms with Gasteiger partial charge in [0.15, 0.2) is 0 Å². The Labute approximate surface area is 141 Å². The van der Waals surface area contributed by atoms with Crippen LogP contribution in [-0.4, -0.2) is 50.3 Å². The molecule has 1 atom stereocenters. The summed E-state index contributed by atoms with van der Waals surface area (Å²) in [4.78, 5) is 15.2. The van der Waals surface area contributed by atoms with Gasteiger partial charge in [0.2, 0.25) is 0 Å². The first-order chi connectivity index (χ1) is 10.6. The number of rotatable bonds is 2. The van der Waals surface area contributed by atoms with E-state index in [9.17, 15) is 4.79 Å². The fraction of sp³-hybridized carbons (Fsp3) is 0.562. The lowest BCUT2D eigenvalue weighted by atomic mass is 9.72. The Bertz CT molecular complexity index is 720. The molecule has 3 aliphatic heterocycles. The molecule has 0 radical (unpaired) electrons. The first-order valence-electron chi connectivity index (χ1n) is 7.92. The number of nitrogens with one attached hydrogen (secondary N) is 1. The fourth-order valence-electron chi connectivity index (χ4n) is 4.10. The molecule has 0 aromatic carbocycles. The Hall–Kier alpha value is -1.66. The number of carbonyl (C=O) groups is 1. The first kappa shape index (κ1) is 16.2. The van der Waals surface area contributed by atoms with E-state index in [1.165, 1.54) is 17.5 Å². The van der Waals surface area contributed by atoms with E-state index in [2.05, 4.69) is 34.3 Å². The maximum Gasteiger partial charge on any atom is 0.255 e. The van der Waals surface area contributed by atoms with Gasteiger partial charge in [-0.05, 0) is 57.8 Å². The molecule has 6 nitrogen and oxygen atoms in total. The van der Waals surface area contributed by atoms with Crippen molar-refractivity contribution in [3.05, 3.63) is 30.1 Å². The Morgan fingerprint density at radius 2 is 2.04 bits per heavy atom. The minimum absolute atomic E-state index is 0. The van der Waals surface area contributed by atoms with Gasteiger partial charge in [-0.25, -0.2) is 0 Å². The first-order valence-corrected chi connectivity index (χ1v) is 7.92. The van der Waals surface area contributed by atoms with Crippen LogP contribution in [0, 0.1) is 5.92 Å². The molecule has 0 aliphatic carbocycles. The van der Waals surface area contributed by atoms with E-state index < -0.39 is 0 Å². The molecule has 2 aromatic heterocycles. The minimum Gasteiger partial charge on any atom is -0.347 e. The molecule has 0 spiro atoms. The predicted molar refractivity (Wildman–Crippen MR) is 89.9 cm³/mol. The van der Waals surface area contributed by atoms with E-state index in [4.69, 9.17) is 0 Å². The maximum absolute atomic E-state index is 12.7. The summed E-state index contributed by atoms with van der Waals surface area (Å²) < 4.78 is 1.50. The van der Waals surface area contributed by atoms with Crippen molar-refractivity contribution in [1.29, 1.82) is 0 Å². The molecule has 0 unspecified atom stereocenters. The second kappa shape index (κ2) is 5.76. The van der Waals surface area contributed by atoms with Gasteiger partial charge in [0, 0.05) is 17.8 Å². The van der Waals surface area contributed by atoms with Crippen molar-refractivity contribution in [2.24, 2.45) is 5.92 Å². The third-order valence-corrected chi connectivity index (χ3v) is 5.42. The maximum atomic E-state index is 12.7. The number of piperidine rings is 3. The number of carbonyl (C=O) groups excluding carboxylic acids is 1. The monoisotopic (exact) mass is 335 g/mol. The smallest absolute Gasteiger partial charge is 0.255 e. The van der Waals surface area contributed by atoms with Crippen LogP contribution in [0.4, 0.5) is 0 Å². The lowest BCUT2D eigenvalue weighted by Gasteiger charge is -2.56. The number of amides is 1. The van der Waals surface area contributed by atoms with Gasteiger partial charge in [-0.2, -0.15) is 14.8 Å². The van der Waals surface area contributed by atoms with Crippen LogP contribution in [0.15, 0.2) is 24.5 Å². The highest BCUT2D eigenvalue weighted by atomic mass is 35.5. The van der Waals surface area contributed by atoms with Crippen molar-refractivity contribution < 1.29 is 4.79 Å². The minimum atomic E-state index is -0.0465. The largest absolute Gasteiger partial charge is 0.347 e. The third-order valence-electron chi connectivity index (χ3n) is 5.42. The van der Waals surface area contributed by atoms with Crippen LogP contribution in [0.5, 0.6) is 0 Å². The molecule has 0 saturated carbocycles. The normalized spacial score (nSPS) is 28.3. The van der Waals surface area contributed by atoms with Gasteiger partial charge in [0.1, 0.15) is 5.52 Å². The van der Waals surface area contributed by atoms with Crippen molar-refractivity contribution >= 4 is 23.8 Å². The highest BCUT2D eigenvalue weighted by molar-refractivity contribution is 6.00. The van der Waals surface area contributed by atoms with Crippen LogP contribution in [-0.2, 0) is 0 Å². The quantitative estimate of drug-likeness (QED) is 0.908. The second-order valence-corrected chi connectivity index (χ2v) is 6.89. The van der Waals surface area contributed by atoms with Gasteiger partial charge in [0.25, 0.3) is 5.91 Å². The Morgan fingerprint density at radius 3 is 2.74 bits per heavy atom. The molecule has 124 valence electrons. The number of hydrogen-bond donors (Lipinski definition) is 1.